The number of carbonyl (C=O) groups is 4. The van der Waals surface area contributed by atoms with E-state index >= 15 is 0 Å². The molecule has 1 saturated heterocycles. The second-order valence-electron chi connectivity index (χ2n) is 25.8. The molecule has 0 spiro atoms. The van der Waals surface area contributed by atoms with E-state index in [0.717, 1.165) is 36.0 Å². The zero-order valence-electron chi connectivity index (χ0n) is 57.9. The van der Waals surface area contributed by atoms with Gasteiger partial charge in [0.05, 0.1) is 46.4 Å². The summed E-state index contributed by atoms with van der Waals surface area (Å²) in [6.07, 6.45) is 44.1. The average Bonchev–Trinajstić information content (AvgIpc) is 1.46. The van der Waals surface area contributed by atoms with Gasteiger partial charge < -0.3 is 43.4 Å². The number of nitrogens with zero attached hydrogens (tertiary/aromatic N) is 1. The van der Waals surface area contributed by atoms with Gasteiger partial charge in [-0.25, -0.2) is 4.79 Å². The number of ketones is 1. The van der Waals surface area contributed by atoms with E-state index in [4.69, 9.17) is 33.2 Å². The number of hydrogen-bond acceptors (Lipinski definition) is 11. The second-order valence-corrected chi connectivity index (χ2v) is 25.8. The number of likely N-dealkylation sites (tertiary alicyclic amines) is 1. The van der Waals surface area contributed by atoms with Gasteiger partial charge in [-0.2, -0.15) is 0 Å². The molecule has 1 fully saturated rings. The van der Waals surface area contributed by atoms with Crippen molar-refractivity contribution in [3.05, 3.63) is 95.6 Å². The van der Waals surface area contributed by atoms with Crippen LogP contribution in [0, 0.1) is 0 Å². The zero-order chi connectivity index (χ0) is 65.1. The third-order valence-electron chi connectivity index (χ3n) is 18.2. The third-order valence-corrected chi connectivity index (χ3v) is 18.2. The first-order chi connectivity index (χ1) is 44.7. The number of amides is 2. The topological polar surface area (TPSA) is 148 Å². The minimum Gasteiger partial charge on any atom is -0.497 e. The highest BCUT2D eigenvalue weighted by atomic mass is 16.6. The van der Waals surface area contributed by atoms with Crippen LogP contribution in [0.5, 0.6) is 11.5 Å². The number of Topliss-reactive ketones (excluding diaryl/α,β-unsaturated/α-hetero) is 1. The molecule has 3 aromatic carbocycles. The minimum atomic E-state index is -1.12. The molecule has 1 heterocycles. The molecule has 2 amide bonds. The second kappa shape index (κ2) is 51.4. The van der Waals surface area contributed by atoms with Crippen LogP contribution in [0.1, 0.15) is 294 Å². The molecule has 0 aromatic heterocycles. The maximum absolute atomic E-state index is 14.3. The number of nitrogens with one attached hydrogen (secondary N) is 1. The standard InChI is InChI=1S/C78H126N2O11/c1-6-9-11-13-15-17-19-21-23-25-27-29-31-33-35-43-59-87-64-74(88-60-44-36-34-32-30-28-26-24-22-20-18-16-14-12-10-7-2)65-89-77(84)79-58-42-38-41-47-75(82)80-62-73(91-76(83)57-52-70(81)8-3)61-69(80)63-90-78(66-45-39-37-40-46-66,67-48-53-71(85-4)54-49-67)68-50-55-72(86-5)56-51-68/h37,39-40,45-46,48-51,53-56,69,73-74H,6-36,38,41-44,47,52,57-65H2,1-5H3,(H,79,84)/t69-,73+,74?/m0/s1. The Morgan fingerprint density at radius 2 is 0.956 bits per heavy atom. The number of methoxy groups -OCH3 is 2. The molecule has 0 bridgehead atoms. The van der Waals surface area contributed by atoms with Gasteiger partial charge in [-0.15, -0.1) is 0 Å². The van der Waals surface area contributed by atoms with Crippen molar-refractivity contribution in [1.29, 1.82) is 0 Å². The summed E-state index contributed by atoms with van der Waals surface area (Å²) < 4.78 is 42.5. The molecule has 1 aliphatic rings. The molecular formula is C78H126N2O11. The summed E-state index contributed by atoms with van der Waals surface area (Å²) in [6, 6.07) is 25.2. The van der Waals surface area contributed by atoms with Crippen molar-refractivity contribution in [1.82, 2.24) is 10.2 Å². The fourth-order valence-electron chi connectivity index (χ4n) is 12.5. The van der Waals surface area contributed by atoms with E-state index in [1.165, 1.54) is 186 Å². The van der Waals surface area contributed by atoms with E-state index < -0.39 is 29.8 Å². The highest BCUT2D eigenvalue weighted by molar-refractivity contribution is 5.82. The Morgan fingerprint density at radius 1 is 0.505 bits per heavy atom. The Kier molecular flexibility index (Phi) is 44.4. The number of ether oxygens (including phenoxy) is 7. The van der Waals surface area contributed by atoms with E-state index in [1.807, 2.05) is 78.9 Å². The Morgan fingerprint density at radius 3 is 1.43 bits per heavy atom. The number of unbranched alkanes of at least 4 members (excludes halogenated alkanes) is 32. The van der Waals surface area contributed by atoms with Crippen molar-refractivity contribution >= 4 is 23.8 Å². The van der Waals surface area contributed by atoms with Crippen LogP contribution in [0.25, 0.3) is 0 Å². The summed E-state index contributed by atoms with van der Waals surface area (Å²) in [4.78, 5) is 54.4. The monoisotopic (exact) mass is 1270 g/mol. The van der Waals surface area contributed by atoms with Crippen LogP contribution in [0.2, 0.25) is 0 Å². The summed E-state index contributed by atoms with van der Waals surface area (Å²) in [5.74, 6) is 0.885. The molecule has 0 saturated carbocycles. The normalized spacial score (nSPS) is 14.4. The van der Waals surface area contributed by atoms with Crippen molar-refractivity contribution < 1.29 is 52.3 Å². The maximum Gasteiger partial charge on any atom is 0.407 e. The van der Waals surface area contributed by atoms with Gasteiger partial charge in [0, 0.05) is 45.4 Å². The maximum atomic E-state index is 14.3. The number of esters is 1. The lowest BCUT2D eigenvalue weighted by Gasteiger charge is -2.38. The smallest absolute Gasteiger partial charge is 0.407 e. The van der Waals surface area contributed by atoms with Crippen LogP contribution in [-0.2, 0) is 43.7 Å². The number of benzene rings is 3. The molecule has 91 heavy (non-hydrogen) atoms. The number of hydrogen-bond donors (Lipinski definition) is 1. The van der Waals surface area contributed by atoms with E-state index in [2.05, 4.69) is 19.2 Å². The van der Waals surface area contributed by atoms with Gasteiger partial charge in [0.1, 0.15) is 41.7 Å². The van der Waals surface area contributed by atoms with Gasteiger partial charge >= 0.3 is 12.1 Å². The van der Waals surface area contributed by atoms with E-state index in [0.29, 0.717) is 70.0 Å². The first kappa shape index (κ1) is 78.5. The summed E-state index contributed by atoms with van der Waals surface area (Å²) in [7, 11) is 3.27. The molecule has 13 heteroatoms. The fraction of sp³-hybridized carbons (Fsp3) is 0.718. The quantitative estimate of drug-likeness (QED) is 0.0327. The third kappa shape index (κ3) is 34.1. The SMILES string of the molecule is CCCCCCCCCCCCCCCCCCOCC(COC(=O)NCCCCCC(=O)N1C[C@H](OC(=O)CCC(=O)CC)C[C@H]1COC(c1ccccc1)(c1ccc(OC)cc1)c1ccc(OC)cc1)OCCCCCCCCCCCCCCCCCC. The number of rotatable bonds is 58. The lowest BCUT2D eigenvalue weighted by atomic mass is 9.80. The van der Waals surface area contributed by atoms with Gasteiger partial charge in [0.25, 0.3) is 0 Å². The Balaban J connectivity index is 1.24. The fourth-order valence-corrected chi connectivity index (χ4v) is 12.5. The van der Waals surface area contributed by atoms with Crippen molar-refractivity contribution in [3.8, 4) is 11.5 Å². The van der Waals surface area contributed by atoms with Crippen molar-refractivity contribution in [2.24, 2.45) is 0 Å². The molecule has 1 unspecified atom stereocenters. The van der Waals surface area contributed by atoms with E-state index in [1.54, 1.807) is 26.0 Å². The van der Waals surface area contributed by atoms with E-state index in [9.17, 15) is 19.2 Å². The molecule has 13 nitrogen and oxygen atoms in total. The lowest BCUT2D eigenvalue weighted by molar-refractivity contribution is -0.150. The van der Waals surface area contributed by atoms with Gasteiger partial charge in [-0.05, 0) is 66.6 Å². The Hall–Kier alpha value is -4.98. The summed E-state index contributed by atoms with van der Waals surface area (Å²) in [5, 5.41) is 2.92. The number of carbonyl (C=O) groups excluding carboxylic acids is 4. The predicted molar refractivity (Wildman–Crippen MR) is 370 cm³/mol. The van der Waals surface area contributed by atoms with Crippen LogP contribution in [0.15, 0.2) is 78.9 Å². The summed E-state index contributed by atoms with van der Waals surface area (Å²) in [5.41, 5.74) is 1.50. The first-order valence-corrected chi connectivity index (χ1v) is 36.8. The molecule has 3 aromatic rings. The summed E-state index contributed by atoms with van der Waals surface area (Å²) >= 11 is 0. The minimum absolute atomic E-state index is 0.00147. The first-order valence-electron chi connectivity index (χ1n) is 36.8. The van der Waals surface area contributed by atoms with Crippen molar-refractivity contribution in [2.45, 2.75) is 301 Å². The van der Waals surface area contributed by atoms with E-state index in [-0.39, 0.29) is 56.8 Å². The van der Waals surface area contributed by atoms with Crippen LogP contribution < -0.4 is 14.8 Å². The highest BCUT2D eigenvalue weighted by Crippen LogP contribution is 2.42. The van der Waals surface area contributed by atoms with Crippen LogP contribution >= 0.6 is 0 Å². The Bertz CT molecular complexity index is 2230. The van der Waals surface area contributed by atoms with Gasteiger partial charge in [0.2, 0.25) is 5.91 Å². The average molecular weight is 1270 g/mol. The van der Waals surface area contributed by atoms with Gasteiger partial charge in [0.15, 0.2) is 0 Å². The largest absolute Gasteiger partial charge is 0.497 e. The lowest BCUT2D eigenvalue weighted by Crippen LogP contribution is -2.42. The highest BCUT2D eigenvalue weighted by Gasteiger charge is 2.42. The molecule has 1 aliphatic heterocycles. The Labute approximate surface area is 552 Å². The summed E-state index contributed by atoms with van der Waals surface area (Å²) in [6.45, 7) is 8.92. The van der Waals surface area contributed by atoms with Crippen molar-refractivity contribution in [2.75, 3.05) is 60.3 Å². The molecule has 4 rings (SSSR count). The zero-order valence-corrected chi connectivity index (χ0v) is 57.9. The molecular weight excluding hydrogens is 1140 g/mol. The molecule has 514 valence electrons. The van der Waals surface area contributed by atoms with Crippen LogP contribution in [0.4, 0.5) is 4.79 Å². The van der Waals surface area contributed by atoms with Gasteiger partial charge in [-0.1, -0.05) is 274 Å². The molecule has 0 radical (unpaired) electrons. The molecule has 3 atom stereocenters. The predicted octanol–water partition coefficient (Wildman–Crippen LogP) is 19.5. The molecule has 1 N–H and O–H groups in total. The molecule has 0 aliphatic carbocycles. The van der Waals surface area contributed by atoms with Gasteiger partial charge in [-0.3, -0.25) is 14.4 Å². The van der Waals surface area contributed by atoms with Crippen LogP contribution in [-0.4, -0.2) is 107 Å². The van der Waals surface area contributed by atoms with Crippen LogP contribution in [0.3, 0.4) is 0 Å². The van der Waals surface area contributed by atoms with Crippen molar-refractivity contribution in [3.63, 3.8) is 0 Å². The number of alkyl carbamates (subject to hydrolysis) is 1.